The first kappa shape index (κ1) is 23.7. The second kappa shape index (κ2) is 10.1. The Morgan fingerprint density at radius 2 is 1.84 bits per heavy atom. The maximum Gasteiger partial charge on any atom is 0.341 e. The Kier molecular flexibility index (Phi) is 7.76. The van der Waals surface area contributed by atoms with Crippen LogP contribution in [-0.4, -0.2) is 24.2 Å². The third kappa shape index (κ3) is 5.47. The lowest BCUT2D eigenvalue weighted by Gasteiger charge is -2.39. The summed E-state index contributed by atoms with van der Waals surface area (Å²) in [6.07, 6.45) is 5.92. The van der Waals surface area contributed by atoms with Crippen LogP contribution in [0.3, 0.4) is 0 Å². The van der Waals surface area contributed by atoms with Crippen molar-refractivity contribution in [1.82, 2.24) is 5.32 Å². The Morgan fingerprint density at radius 3 is 2.42 bits per heavy atom. The SMILES string of the molecule is CCC(C)(C)C1CCC(NC(=S)Nc2sc(C)c(-c3ccccc3)c2C(=O)OC)CC1. The molecule has 0 atom stereocenters. The number of aryl methyl sites for hydroxylation is 1. The van der Waals surface area contributed by atoms with Gasteiger partial charge in [-0.25, -0.2) is 4.79 Å². The van der Waals surface area contributed by atoms with Gasteiger partial charge in [0.25, 0.3) is 0 Å². The number of nitrogens with one attached hydrogen (secondary N) is 2. The molecule has 3 rings (SSSR count). The minimum atomic E-state index is -0.351. The summed E-state index contributed by atoms with van der Waals surface area (Å²) in [5, 5.41) is 8.09. The number of hydrogen-bond acceptors (Lipinski definition) is 4. The van der Waals surface area contributed by atoms with Gasteiger partial charge < -0.3 is 15.4 Å². The molecule has 0 amide bonds. The average Bonchev–Trinajstić information content (AvgIpc) is 3.09. The molecule has 1 aromatic heterocycles. The Hall–Kier alpha value is -1.92. The van der Waals surface area contributed by atoms with E-state index in [2.05, 4.69) is 31.4 Å². The number of esters is 1. The molecule has 31 heavy (non-hydrogen) atoms. The van der Waals surface area contributed by atoms with Crippen LogP contribution in [0.15, 0.2) is 30.3 Å². The van der Waals surface area contributed by atoms with Crippen molar-refractivity contribution < 1.29 is 9.53 Å². The maximum atomic E-state index is 12.7. The van der Waals surface area contributed by atoms with Crippen molar-refractivity contribution in [2.45, 2.75) is 65.8 Å². The molecule has 0 saturated heterocycles. The molecule has 0 unspecified atom stereocenters. The number of ether oxygens (including phenoxy) is 1. The van der Waals surface area contributed by atoms with Crippen LogP contribution in [0, 0.1) is 18.3 Å². The Balaban J connectivity index is 1.71. The molecule has 1 aromatic carbocycles. The van der Waals surface area contributed by atoms with E-state index in [0.29, 0.717) is 22.1 Å². The molecule has 1 saturated carbocycles. The van der Waals surface area contributed by atoms with E-state index in [1.165, 1.54) is 37.7 Å². The zero-order valence-electron chi connectivity index (χ0n) is 19.2. The number of carbonyl (C=O) groups is 1. The van der Waals surface area contributed by atoms with Crippen LogP contribution >= 0.6 is 23.6 Å². The van der Waals surface area contributed by atoms with Gasteiger partial charge in [-0.1, -0.05) is 57.5 Å². The number of carbonyl (C=O) groups excluding carboxylic acids is 1. The van der Waals surface area contributed by atoms with Gasteiger partial charge in [0, 0.05) is 16.5 Å². The summed E-state index contributed by atoms with van der Waals surface area (Å²) in [6, 6.07) is 10.3. The number of anilines is 1. The van der Waals surface area contributed by atoms with Crippen molar-refractivity contribution in [3.05, 3.63) is 40.8 Å². The van der Waals surface area contributed by atoms with Crippen molar-refractivity contribution in [3.63, 3.8) is 0 Å². The number of rotatable bonds is 6. The lowest BCUT2D eigenvalue weighted by Crippen LogP contribution is -2.41. The van der Waals surface area contributed by atoms with Gasteiger partial charge in [0.05, 0.1) is 7.11 Å². The van der Waals surface area contributed by atoms with Gasteiger partial charge in [-0.05, 0) is 61.7 Å². The molecule has 4 nitrogen and oxygen atoms in total. The normalized spacial score (nSPS) is 19.0. The van der Waals surface area contributed by atoms with Gasteiger partial charge in [-0.2, -0.15) is 0 Å². The van der Waals surface area contributed by atoms with Gasteiger partial charge >= 0.3 is 5.97 Å². The van der Waals surface area contributed by atoms with Crippen LogP contribution in [0.25, 0.3) is 11.1 Å². The molecule has 168 valence electrons. The van der Waals surface area contributed by atoms with E-state index >= 15 is 0 Å². The van der Waals surface area contributed by atoms with Crippen molar-refractivity contribution in [2.24, 2.45) is 11.3 Å². The lowest BCUT2D eigenvalue weighted by molar-refractivity contribution is 0.0603. The average molecular weight is 459 g/mol. The van der Waals surface area contributed by atoms with Crippen LogP contribution in [0.5, 0.6) is 0 Å². The second-order valence-electron chi connectivity index (χ2n) is 9.08. The molecule has 1 heterocycles. The smallest absolute Gasteiger partial charge is 0.341 e. The van der Waals surface area contributed by atoms with Crippen LogP contribution in [0.4, 0.5) is 5.00 Å². The predicted octanol–water partition coefficient (Wildman–Crippen LogP) is 6.79. The lowest BCUT2D eigenvalue weighted by atomic mass is 9.69. The van der Waals surface area contributed by atoms with E-state index < -0.39 is 0 Å². The summed E-state index contributed by atoms with van der Waals surface area (Å²) in [4.78, 5) is 13.7. The highest BCUT2D eigenvalue weighted by Gasteiger charge is 2.32. The molecule has 1 aliphatic carbocycles. The molecule has 1 fully saturated rings. The zero-order chi connectivity index (χ0) is 22.6. The minimum Gasteiger partial charge on any atom is -0.465 e. The molecule has 0 bridgehead atoms. The van der Waals surface area contributed by atoms with Crippen molar-refractivity contribution in [1.29, 1.82) is 0 Å². The first-order chi connectivity index (χ1) is 14.8. The number of benzene rings is 1. The summed E-state index contributed by atoms with van der Waals surface area (Å²) in [7, 11) is 1.42. The largest absolute Gasteiger partial charge is 0.465 e. The van der Waals surface area contributed by atoms with Gasteiger partial charge in [0.2, 0.25) is 0 Å². The first-order valence-corrected chi connectivity index (χ1v) is 12.3. The van der Waals surface area contributed by atoms with E-state index in [9.17, 15) is 4.79 Å². The topological polar surface area (TPSA) is 50.4 Å². The van der Waals surface area contributed by atoms with Gasteiger partial charge in [-0.3, -0.25) is 0 Å². The molecular formula is C25H34N2O2S2. The van der Waals surface area contributed by atoms with E-state index in [-0.39, 0.29) is 5.97 Å². The van der Waals surface area contributed by atoms with Crippen LogP contribution < -0.4 is 10.6 Å². The monoisotopic (exact) mass is 458 g/mol. The molecule has 1 aliphatic rings. The predicted molar refractivity (Wildman–Crippen MR) is 135 cm³/mol. The van der Waals surface area contributed by atoms with E-state index in [1.807, 2.05) is 37.3 Å². The van der Waals surface area contributed by atoms with Gasteiger partial charge in [0.15, 0.2) is 5.11 Å². The molecule has 6 heteroatoms. The third-order valence-electron chi connectivity index (χ3n) is 6.84. The van der Waals surface area contributed by atoms with Crippen molar-refractivity contribution >= 4 is 39.6 Å². The van der Waals surface area contributed by atoms with Crippen molar-refractivity contribution in [2.75, 3.05) is 12.4 Å². The highest BCUT2D eigenvalue weighted by molar-refractivity contribution is 7.80. The van der Waals surface area contributed by atoms with Gasteiger partial charge in [0.1, 0.15) is 10.6 Å². The highest BCUT2D eigenvalue weighted by atomic mass is 32.1. The molecule has 0 radical (unpaired) electrons. The van der Waals surface area contributed by atoms with E-state index in [4.69, 9.17) is 17.0 Å². The highest BCUT2D eigenvalue weighted by Crippen LogP contribution is 2.41. The second-order valence-corrected chi connectivity index (χ2v) is 10.7. The fraction of sp³-hybridized carbons (Fsp3) is 0.520. The summed E-state index contributed by atoms with van der Waals surface area (Å²) in [5.74, 6) is 0.423. The zero-order valence-corrected chi connectivity index (χ0v) is 20.8. The Morgan fingerprint density at radius 1 is 1.19 bits per heavy atom. The van der Waals surface area contributed by atoms with E-state index in [0.717, 1.165) is 39.8 Å². The summed E-state index contributed by atoms with van der Waals surface area (Å²) >= 11 is 7.16. The number of thiocarbonyl (C=S) groups is 1. The Bertz CT molecular complexity index is 913. The molecular weight excluding hydrogens is 424 g/mol. The summed E-state index contributed by atoms with van der Waals surface area (Å²) in [6.45, 7) is 9.08. The number of methoxy groups -OCH3 is 1. The number of thiophene rings is 1. The van der Waals surface area contributed by atoms with Gasteiger partial charge in [-0.15, -0.1) is 11.3 Å². The van der Waals surface area contributed by atoms with Crippen molar-refractivity contribution in [3.8, 4) is 11.1 Å². The fourth-order valence-corrected chi connectivity index (χ4v) is 5.92. The molecule has 2 aromatic rings. The standard InChI is InChI=1S/C25H34N2O2S2/c1-6-25(3,4)18-12-14-19(15-13-18)26-24(30)27-22-21(23(28)29-5)20(16(2)31-22)17-10-8-7-9-11-17/h7-11,18-19H,6,12-15H2,1-5H3,(H2,26,27,30). The Labute approximate surface area is 195 Å². The molecule has 0 spiro atoms. The third-order valence-corrected chi connectivity index (χ3v) is 8.08. The van der Waals surface area contributed by atoms with Crippen LogP contribution in [-0.2, 0) is 4.74 Å². The first-order valence-electron chi connectivity index (χ1n) is 11.1. The quantitative estimate of drug-likeness (QED) is 0.369. The maximum absolute atomic E-state index is 12.7. The fourth-order valence-electron chi connectivity index (χ4n) is 4.51. The summed E-state index contributed by atoms with van der Waals surface area (Å²) < 4.78 is 5.10. The van der Waals surface area contributed by atoms with E-state index in [1.54, 1.807) is 0 Å². The van der Waals surface area contributed by atoms with Crippen LogP contribution in [0.1, 0.15) is 68.1 Å². The molecule has 0 aliphatic heterocycles. The summed E-state index contributed by atoms with van der Waals surface area (Å²) in [5.41, 5.74) is 2.86. The minimum absolute atomic E-state index is 0.351. The molecule has 2 N–H and O–H groups in total. The van der Waals surface area contributed by atoms with Crippen LogP contribution in [0.2, 0.25) is 0 Å². The number of hydrogen-bond donors (Lipinski definition) is 2.